The molecule has 1 saturated heterocycles. The average Bonchev–Trinajstić information content (AvgIpc) is 2.67. The van der Waals surface area contributed by atoms with E-state index in [0.717, 1.165) is 0 Å². The van der Waals surface area contributed by atoms with Crippen LogP contribution in [0.2, 0.25) is 0 Å². The standard InChI is InChI=1S/C11H17F2NO2/c1-10(2,3)16-9(15)14-6-4-5-7-8(14)11(7,12)13/h7-8H,4-6H2,1-3H3/t7-,8+/m0/s1. The van der Waals surface area contributed by atoms with Crippen LogP contribution in [0, 0.1) is 5.92 Å². The van der Waals surface area contributed by atoms with Gasteiger partial charge in [-0.2, -0.15) is 0 Å². The van der Waals surface area contributed by atoms with Crippen molar-refractivity contribution in [2.75, 3.05) is 6.54 Å². The zero-order valence-electron chi connectivity index (χ0n) is 9.80. The summed E-state index contributed by atoms with van der Waals surface area (Å²) < 4.78 is 31.7. The minimum atomic E-state index is -2.70. The Labute approximate surface area is 93.7 Å². The van der Waals surface area contributed by atoms with E-state index in [0.29, 0.717) is 19.4 Å². The number of ether oxygens (including phenoxy) is 1. The molecular formula is C11H17F2NO2. The number of piperidine rings is 1. The van der Waals surface area contributed by atoms with Gasteiger partial charge in [0.25, 0.3) is 5.92 Å². The SMILES string of the molecule is CC(C)(C)OC(=O)N1CCC[C@H]2[C@@H]1C2(F)F. The number of amides is 1. The predicted octanol–water partition coefficient (Wildman–Crippen LogP) is 2.65. The molecule has 16 heavy (non-hydrogen) atoms. The fourth-order valence-electron chi connectivity index (χ4n) is 2.29. The molecule has 2 fully saturated rings. The summed E-state index contributed by atoms with van der Waals surface area (Å²) in [7, 11) is 0. The van der Waals surface area contributed by atoms with Gasteiger partial charge in [0.1, 0.15) is 11.6 Å². The first-order valence-electron chi connectivity index (χ1n) is 5.61. The molecule has 0 radical (unpaired) electrons. The molecule has 2 rings (SSSR count). The molecule has 0 aromatic rings. The lowest BCUT2D eigenvalue weighted by atomic mass is 10.1. The van der Waals surface area contributed by atoms with Crippen LogP contribution in [0.1, 0.15) is 33.6 Å². The lowest BCUT2D eigenvalue weighted by molar-refractivity contribution is 0.00954. The number of likely N-dealkylation sites (tertiary alicyclic amines) is 1. The molecule has 1 aliphatic carbocycles. The third kappa shape index (κ3) is 1.87. The molecule has 2 aliphatic rings. The van der Waals surface area contributed by atoms with E-state index in [1.807, 2.05) is 0 Å². The molecule has 0 aromatic carbocycles. The Morgan fingerprint density at radius 2 is 2.06 bits per heavy atom. The van der Waals surface area contributed by atoms with Crippen molar-refractivity contribution >= 4 is 6.09 Å². The second kappa shape index (κ2) is 3.31. The Bertz CT molecular complexity index is 312. The van der Waals surface area contributed by atoms with E-state index in [1.165, 1.54) is 4.90 Å². The van der Waals surface area contributed by atoms with Gasteiger partial charge in [0.15, 0.2) is 0 Å². The molecule has 1 heterocycles. The summed E-state index contributed by atoms with van der Waals surface area (Å²) in [4.78, 5) is 12.9. The van der Waals surface area contributed by atoms with Crippen molar-refractivity contribution in [3.05, 3.63) is 0 Å². The second-order valence-electron chi connectivity index (χ2n) is 5.54. The van der Waals surface area contributed by atoms with Crippen LogP contribution in [0.5, 0.6) is 0 Å². The van der Waals surface area contributed by atoms with Gasteiger partial charge in [0.2, 0.25) is 0 Å². The first kappa shape index (κ1) is 11.6. The zero-order chi connectivity index (χ0) is 12.1. The van der Waals surface area contributed by atoms with Crippen molar-refractivity contribution in [3.63, 3.8) is 0 Å². The summed E-state index contributed by atoms with van der Waals surface area (Å²) in [6.07, 6.45) is 0.534. The quantitative estimate of drug-likeness (QED) is 0.643. The summed E-state index contributed by atoms with van der Waals surface area (Å²) in [5.74, 6) is -3.35. The summed E-state index contributed by atoms with van der Waals surface area (Å²) in [5.41, 5.74) is -0.631. The van der Waals surface area contributed by atoms with Gasteiger partial charge in [-0.1, -0.05) is 0 Å². The van der Waals surface area contributed by atoms with E-state index >= 15 is 0 Å². The Morgan fingerprint density at radius 3 is 2.62 bits per heavy atom. The number of carbonyl (C=O) groups excluding carboxylic acids is 1. The lowest BCUT2D eigenvalue weighted by Gasteiger charge is -2.29. The Kier molecular flexibility index (Phi) is 2.40. The van der Waals surface area contributed by atoms with Crippen molar-refractivity contribution < 1.29 is 18.3 Å². The number of carbonyl (C=O) groups is 1. The van der Waals surface area contributed by atoms with E-state index in [4.69, 9.17) is 4.74 Å². The number of alkyl halides is 2. The van der Waals surface area contributed by atoms with Crippen LogP contribution >= 0.6 is 0 Å². The van der Waals surface area contributed by atoms with E-state index in [2.05, 4.69) is 0 Å². The molecule has 0 N–H and O–H groups in total. The molecule has 3 nitrogen and oxygen atoms in total. The fourth-order valence-corrected chi connectivity index (χ4v) is 2.29. The van der Waals surface area contributed by atoms with Gasteiger partial charge < -0.3 is 4.74 Å². The van der Waals surface area contributed by atoms with Crippen LogP contribution in [0.3, 0.4) is 0 Å². The fraction of sp³-hybridized carbons (Fsp3) is 0.909. The molecule has 0 bridgehead atoms. The van der Waals surface area contributed by atoms with Gasteiger partial charge in [-0.3, -0.25) is 4.90 Å². The molecule has 0 spiro atoms. The number of fused-ring (bicyclic) bond motifs is 1. The third-order valence-electron chi connectivity index (χ3n) is 3.04. The van der Waals surface area contributed by atoms with Crippen molar-refractivity contribution in [1.29, 1.82) is 0 Å². The molecule has 0 aromatic heterocycles. The van der Waals surface area contributed by atoms with E-state index in [1.54, 1.807) is 20.8 Å². The van der Waals surface area contributed by atoms with Gasteiger partial charge in [-0.05, 0) is 33.6 Å². The first-order valence-corrected chi connectivity index (χ1v) is 5.61. The van der Waals surface area contributed by atoms with E-state index < -0.39 is 29.6 Å². The Hall–Kier alpha value is -0.870. The molecular weight excluding hydrogens is 216 g/mol. The van der Waals surface area contributed by atoms with Crippen LogP contribution in [-0.2, 0) is 4.74 Å². The van der Waals surface area contributed by atoms with Crippen molar-refractivity contribution in [1.82, 2.24) is 4.90 Å². The molecule has 0 unspecified atom stereocenters. The number of nitrogens with zero attached hydrogens (tertiary/aromatic N) is 1. The summed E-state index contributed by atoms with van der Waals surface area (Å²) in [6.45, 7) is 5.58. The molecule has 1 saturated carbocycles. The monoisotopic (exact) mass is 233 g/mol. The maximum absolute atomic E-state index is 13.3. The second-order valence-corrected chi connectivity index (χ2v) is 5.54. The van der Waals surface area contributed by atoms with Gasteiger partial charge in [0, 0.05) is 6.54 Å². The molecule has 1 aliphatic heterocycles. The smallest absolute Gasteiger partial charge is 0.410 e. The van der Waals surface area contributed by atoms with Gasteiger partial charge in [-0.25, -0.2) is 13.6 Å². The summed E-state index contributed by atoms with van der Waals surface area (Å²) in [5, 5.41) is 0. The van der Waals surface area contributed by atoms with Gasteiger partial charge >= 0.3 is 6.09 Å². The topological polar surface area (TPSA) is 29.5 Å². The first-order chi connectivity index (χ1) is 7.23. The van der Waals surface area contributed by atoms with E-state index in [-0.39, 0.29) is 0 Å². The highest BCUT2D eigenvalue weighted by Crippen LogP contribution is 2.56. The highest BCUT2D eigenvalue weighted by molar-refractivity contribution is 5.69. The molecule has 92 valence electrons. The number of rotatable bonds is 0. The van der Waals surface area contributed by atoms with Crippen molar-refractivity contribution in [3.8, 4) is 0 Å². The third-order valence-corrected chi connectivity index (χ3v) is 3.04. The van der Waals surface area contributed by atoms with Crippen molar-refractivity contribution in [2.24, 2.45) is 5.92 Å². The summed E-state index contributed by atoms with van der Waals surface area (Å²) >= 11 is 0. The number of halogens is 2. The minimum absolute atomic E-state index is 0.381. The predicted molar refractivity (Wildman–Crippen MR) is 54.4 cm³/mol. The maximum atomic E-state index is 13.3. The molecule has 5 heteroatoms. The number of hydrogen-bond acceptors (Lipinski definition) is 2. The lowest BCUT2D eigenvalue weighted by Crippen LogP contribution is -2.42. The van der Waals surface area contributed by atoms with Gasteiger partial charge in [-0.15, -0.1) is 0 Å². The van der Waals surface area contributed by atoms with Crippen molar-refractivity contribution in [2.45, 2.75) is 51.2 Å². The van der Waals surface area contributed by atoms with Crippen LogP contribution < -0.4 is 0 Å². The van der Waals surface area contributed by atoms with Crippen LogP contribution in [0.4, 0.5) is 13.6 Å². The molecule has 2 atom stereocenters. The highest BCUT2D eigenvalue weighted by Gasteiger charge is 2.72. The molecule has 1 amide bonds. The Balaban J connectivity index is 2.02. The van der Waals surface area contributed by atoms with E-state index in [9.17, 15) is 13.6 Å². The normalized spacial score (nSPS) is 31.9. The number of hydrogen-bond donors (Lipinski definition) is 0. The Morgan fingerprint density at radius 1 is 1.44 bits per heavy atom. The van der Waals surface area contributed by atoms with Crippen LogP contribution in [0.25, 0.3) is 0 Å². The highest BCUT2D eigenvalue weighted by atomic mass is 19.3. The summed E-state index contributed by atoms with van der Waals surface area (Å²) in [6, 6.07) is -0.920. The van der Waals surface area contributed by atoms with Gasteiger partial charge in [0.05, 0.1) is 5.92 Å². The average molecular weight is 233 g/mol. The minimum Gasteiger partial charge on any atom is -0.444 e. The maximum Gasteiger partial charge on any atom is 0.410 e. The zero-order valence-corrected chi connectivity index (χ0v) is 9.80. The van der Waals surface area contributed by atoms with Crippen LogP contribution in [-0.4, -0.2) is 35.1 Å². The van der Waals surface area contributed by atoms with Crippen LogP contribution in [0.15, 0.2) is 0 Å². The largest absolute Gasteiger partial charge is 0.444 e.